The summed E-state index contributed by atoms with van der Waals surface area (Å²) in [5, 5.41) is 14.7. The van der Waals surface area contributed by atoms with Crippen LogP contribution in [0.5, 0.6) is 0 Å². The molecule has 0 aliphatic heterocycles. The first kappa shape index (κ1) is 12.3. The van der Waals surface area contributed by atoms with Crippen molar-refractivity contribution in [3.8, 4) is 0 Å². The first-order valence-electron chi connectivity index (χ1n) is 5.65. The van der Waals surface area contributed by atoms with Crippen LogP contribution in [-0.2, 0) is 0 Å². The van der Waals surface area contributed by atoms with Crippen LogP contribution in [0.15, 0.2) is 50.9 Å². The predicted molar refractivity (Wildman–Crippen MR) is 77.8 cm³/mol. The molecule has 19 heavy (non-hydrogen) atoms. The number of benzene rings is 1. The van der Waals surface area contributed by atoms with Gasteiger partial charge in [-0.1, -0.05) is 34.6 Å². The lowest BCUT2D eigenvalue weighted by atomic mass is 10.2. The number of thiazole rings is 1. The number of imidazole rings is 1. The fourth-order valence-corrected chi connectivity index (χ4v) is 3.41. The van der Waals surface area contributed by atoms with E-state index in [1.807, 2.05) is 16.0 Å². The van der Waals surface area contributed by atoms with Gasteiger partial charge in [0.05, 0.1) is 6.21 Å². The lowest BCUT2D eigenvalue weighted by molar-refractivity contribution is 0.321. The maximum atomic E-state index is 8.78. The molecule has 0 aliphatic carbocycles. The highest BCUT2D eigenvalue weighted by Crippen LogP contribution is 2.31. The minimum absolute atomic E-state index is 0.796. The monoisotopic (exact) mass is 289 g/mol. The molecule has 1 N–H and O–H groups in total. The zero-order chi connectivity index (χ0) is 13.2. The van der Waals surface area contributed by atoms with Crippen molar-refractivity contribution in [3.05, 3.63) is 47.1 Å². The van der Waals surface area contributed by atoms with Gasteiger partial charge in [0.25, 0.3) is 0 Å². The summed E-state index contributed by atoms with van der Waals surface area (Å²) in [7, 11) is 0. The Balaban J connectivity index is 2.02. The molecule has 0 atom stereocenters. The average molecular weight is 289 g/mol. The summed E-state index contributed by atoms with van der Waals surface area (Å²) < 4.78 is 1.92. The topological polar surface area (TPSA) is 49.9 Å². The van der Waals surface area contributed by atoms with Crippen LogP contribution in [0, 0.1) is 6.92 Å². The zero-order valence-electron chi connectivity index (χ0n) is 10.1. The van der Waals surface area contributed by atoms with Crippen molar-refractivity contribution >= 4 is 34.3 Å². The third-order valence-corrected chi connectivity index (χ3v) is 4.44. The van der Waals surface area contributed by atoms with E-state index in [9.17, 15) is 0 Å². The molecule has 6 heteroatoms. The molecule has 0 saturated carbocycles. The number of oxime groups is 1. The molecule has 1 aromatic carbocycles. The van der Waals surface area contributed by atoms with E-state index in [4.69, 9.17) is 5.21 Å². The molecular weight excluding hydrogens is 278 g/mol. The second-order valence-electron chi connectivity index (χ2n) is 4.02. The van der Waals surface area contributed by atoms with Gasteiger partial charge in [-0.3, -0.25) is 4.40 Å². The molecule has 0 fully saturated rings. The van der Waals surface area contributed by atoms with Crippen LogP contribution in [0.25, 0.3) is 4.96 Å². The highest BCUT2D eigenvalue weighted by Gasteiger charge is 2.12. The number of fused-ring (bicyclic) bond motifs is 1. The fraction of sp³-hybridized carbons (Fsp3) is 0.0769. The van der Waals surface area contributed by atoms with Crippen LogP contribution < -0.4 is 0 Å². The third kappa shape index (κ3) is 2.36. The van der Waals surface area contributed by atoms with Gasteiger partial charge in [0, 0.05) is 16.5 Å². The second kappa shape index (κ2) is 5.07. The average Bonchev–Trinajstić information content (AvgIpc) is 2.96. The van der Waals surface area contributed by atoms with Crippen LogP contribution in [0.4, 0.5) is 0 Å². The molecule has 0 amide bonds. The lowest BCUT2D eigenvalue weighted by Crippen LogP contribution is -1.89. The zero-order valence-corrected chi connectivity index (χ0v) is 11.8. The number of nitrogens with zero attached hydrogens (tertiary/aromatic N) is 3. The highest BCUT2D eigenvalue weighted by molar-refractivity contribution is 7.99. The van der Waals surface area contributed by atoms with E-state index < -0.39 is 0 Å². The number of aromatic nitrogens is 2. The Kier molecular flexibility index (Phi) is 3.27. The second-order valence-corrected chi connectivity index (χ2v) is 5.95. The van der Waals surface area contributed by atoms with Gasteiger partial charge in [-0.15, -0.1) is 11.3 Å². The van der Waals surface area contributed by atoms with Gasteiger partial charge in [-0.25, -0.2) is 4.98 Å². The van der Waals surface area contributed by atoms with Crippen LogP contribution in [0.1, 0.15) is 11.3 Å². The largest absolute Gasteiger partial charge is 0.411 e. The molecule has 3 rings (SSSR count). The molecule has 2 heterocycles. The molecule has 0 radical (unpaired) electrons. The van der Waals surface area contributed by atoms with E-state index in [1.165, 1.54) is 11.8 Å². The van der Waals surface area contributed by atoms with E-state index in [1.54, 1.807) is 23.1 Å². The maximum absolute atomic E-state index is 8.78. The summed E-state index contributed by atoms with van der Waals surface area (Å²) in [6.07, 6.45) is 3.34. The van der Waals surface area contributed by atoms with E-state index >= 15 is 0 Å². The van der Waals surface area contributed by atoms with Crippen molar-refractivity contribution in [2.24, 2.45) is 5.16 Å². The minimum Gasteiger partial charge on any atom is -0.411 e. The predicted octanol–water partition coefficient (Wildman–Crippen LogP) is 3.66. The van der Waals surface area contributed by atoms with Crippen LogP contribution in [0.3, 0.4) is 0 Å². The number of aryl methyl sites for hydroxylation is 1. The van der Waals surface area contributed by atoms with Gasteiger partial charge in [-0.05, 0) is 19.1 Å². The molecule has 4 nitrogen and oxygen atoms in total. The molecular formula is C13H11N3OS2. The Morgan fingerprint density at radius 1 is 1.37 bits per heavy atom. The molecule has 0 spiro atoms. The van der Waals surface area contributed by atoms with Crippen molar-refractivity contribution < 1.29 is 5.21 Å². The van der Waals surface area contributed by atoms with Crippen LogP contribution in [-0.4, -0.2) is 20.8 Å². The number of hydrogen-bond donors (Lipinski definition) is 1. The van der Waals surface area contributed by atoms with Gasteiger partial charge < -0.3 is 5.21 Å². The van der Waals surface area contributed by atoms with Gasteiger partial charge in [0.1, 0.15) is 10.7 Å². The van der Waals surface area contributed by atoms with Gasteiger partial charge in [0.15, 0.2) is 4.96 Å². The summed E-state index contributed by atoms with van der Waals surface area (Å²) >= 11 is 3.12. The fourth-order valence-electron chi connectivity index (χ4n) is 1.75. The molecule has 3 aromatic rings. The number of hydrogen-bond acceptors (Lipinski definition) is 5. The normalized spacial score (nSPS) is 11.6. The Labute approximate surface area is 118 Å². The molecule has 0 saturated heterocycles. The molecule has 96 valence electrons. The van der Waals surface area contributed by atoms with E-state index in [0.717, 1.165) is 20.6 Å². The van der Waals surface area contributed by atoms with Gasteiger partial charge >= 0.3 is 0 Å². The minimum atomic E-state index is 0.796. The maximum Gasteiger partial charge on any atom is 0.195 e. The summed E-state index contributed by atoms with van der Waals surface area (Å²) in [5.74, 6) is 0. The van der Waals surface area contributed by atoms with E-state index in [-0.39, 0.29) is 0 Å². The molecule has 0 aliphatic rings. The Hall–Kier alpha value is -1.79. The first-order valence-corrected chi connectivity index (χ1v) is 7.35. The summed E-state index contributed by atoms with van der Waals surface area (Å²) in [5.41, 5.74) is 2.02. The lowest BCUT2D eigenvalue weighted by Gasteiger charge is -2.00. The molecule has 2 aromatic heterocycles. The Morgan fingerprint density at radius 3 is 2.89 bits per heavy atom. The first-order chi connectivity index (χ1) is 9.28. The summed E-state index contributed by atoms with van der Waals surface area (Å²) in [6, 6.07) is 8.27. The van der Waals surface area contributed by atoms with Crippen LogP contribution >= 0.6 is 23.1 Å². The van der Waals surface area contributed by atoms with Crippen molar-refractivity contribution in [1.82, 2.24) is 9.38 Å². The van der Waals surface area contributed by atoms with Crippen LogP contribution in [0.2, 0.25) is 0 Å². The standard InChI is InChI=1S/C13H11N3OS2/c1-9-2-4-10(5-3-9)19-12-11(8-14-17)16-6-7-18-13(16)15-12/h2-8,17H,1H3/b14-8-. The van der Waals surface area contributed by atoms with E-state index in [0.29, 0.717) is 0 Å². The van der Waals surface area contributed by atoms with Crippen molar-refractivity contribution in [2.45, 2.75) is 16.8 Å². The SMILES string of the molecule is Cc1ccc(Sc2nc3sccn3c2/C=N\O)cc1. The van der Waals surface area contributed by atoms with Gasteiger partial charge in [0.2, 0.25) is 0 Å². The third-order valence-electron chi connectivity index (χ3n) is 2.68. The Bertz CT molecular complexity index is 728. The van der Waals surface area contributed by atoms with Crippen molar-refractivity contribution in [3.63, 3.8) is 0 Å². The summed E-state index contributed by atoms with van der Waals surface area (Å²) in [4.78, 5) is 6.56. The summed E-state index contributed by atoms with van der Waals surface area (Å²) in [6.45, 7) is 2.06. The smallest absolute Gasteiger partial charge is 0.195 e. The molecule has 0 bridgehead atoms. The number of rotatable bonds is 3. The highest BCUT2D eigenvalue weighted by atomic mass is 32.2. The quantitative estimate of drug-likeness (QED) is 0.455. The van der Waals surface area contributed by atoms with E-state index in [2.05, 4.69) is 41.3 Å². The van der Waals surface area contributed by atoms with Crippen molar-refractivity contribution in [1.29, 1.82) is 0 Å². The van der Waals surface area contributed by atoms with Crippen molar-refractivity contribution in [2.75, 3.05) is 0 Å². The van der Waals surface area contributed by atoms with Gasteiger partial charge in [-0.2, -0.15) is 0 Å². The Morgan fingerprint density at radius 2 is 2.16 bits per heavy atom. The molecule has 0 unspecified atom stereocenters.